The third kappa shape index (κ3) is 3.33. The van der Waals surface area contributed by atoms with Crippen LogP contribution in [0.2, 0.25) is 0 Å². The van der Waals surface area contributed by atoms with E-state index in [0.29, 0.717) is 0 Å². The van der Waals surface area contributed by atoms with Gasteiger partial charge in [-0.3, -0.25) is 14.4 Å². The fourth-order valence-corrected chi connectivity index (χ4v) is 2.46. The van der Waals surface area contributed by atoms with Crippen LogP contribution in [0.4, 0.5) is 0 Å². The molecule has 0 spiro atoms. The smallest absolute Gasteiger partial charge is 0.240 e. The van der Waals surface area contributed by atoms with E-state index in [1.54, 1.807) is 4.90 Å². The van der Waals surface area contributed by atoms with Crippen LogP contribution in [0.15, 0.2) is 12.3 Å². The average molecular weight is 265 g/mol. The number of hydrogen-bond donors (Lipinski definition) is 1. The molecule has 2 heterocycles. The van der Waals surface area contributed by atoms with Gasteiger partial charge in [0.1, 0.15) is 6.04 Å². The van der Waals surface area contributed by atoms with Crippen LogP contribution in [0.3, 0.4) is 0 Å². The van der Waals surface area contributed by atoms with Crippen molar-refractivity contribution in [3.05, 3.63) is 18.0 Å². The summed E-state index contributed by atoms with van der Waals surface area (Å²) in [7, 11) is 5.59. The maximum atomic E-state index is 12.2. The van der Waals surface area contributed by atoms with Crippen molar-refractivity contribution >= 4 is 5.91 Å². The van der Waals surface area contributed by atoms with E-state index in [-0.39, 0.29) is 11.9 Å². The minimum absolute atomic E-state index is 0.0445. The number of nitrogens with one attached hydrogen (secondary N) is 1. The Morgan fingerprint density at radius 1 is 1.58 bits per heavy atom. The molecule has 19 heavy (non-hydrogen) atoms. The SMILES string of the molecule is CN(C)C(=O)C1CNCCN1CCc1ccnn1C. The summed E-state index contributed by atoms with van der Waals surface area (Å²) in [5, 5.41) is 7.47. The fourth-order valence-electron chi connectivity index (χ4n) is 2.46. The summed E-state index contributed by atoms with van der Waals surface area (Å²) in [6.07, 6.45) is 2.74. The van der Waals surface area contributed by atoms with Gasteiger partial charge in [0.25, 0.3) is 0 Å². The molecule has 1 saturated heterocycles. The average Bonchev–Trinajstić information content (AvgIpc) is 2.81. The summed E-state index contributed by atoms with van der Waals surface area (Å²) in [6.45, 7) is 3.50. The van der Waals surface area contributed by atoms with Gasteiger partial charge in [0.15, 0.2) is 0 Å². The third-order valence-electron chi connectivity index (χ3n) is 3.66. The van der Waals surface area contributed by atoms with Crippen LogP contribution in [0.5, 0.6) is 0 Å². The van der Waals surface area contributed by atoms with Gasteiger partial charge < -0.3 is 10.2 Å². The molecular formula is C13H23N5O. The molecule has 1 fully saturated rings. The standard InChI is InChI=1S/C13H23N5O/c1-16(2)13(19)12-10-14-7-9-18(12)8-5-11-4-6-15-17(11)3/h4,6,12,14H,5,7-10H2,1-3H3. The molecule has 0 aliphatic carbocycles. The Balaban J connectivity index is 1.96. The molecule has 1 aliphatic rings. The summed E-state index contributed by atoms with van der Waals surface area (Å²) >= 11 is 0. The van der Waals surface area contributed by atoms with Crippen LogP contribution in [0.1, 0.15) is 5.69 Å². The van der Waals surface area contributed by atoms with Gasteiger partial charge in [-0.2, -0.15) is 5.10 Å². The van der Waals surface area contributed by atoms with Crippen LogP contribution in [-0.2, 0) is 18.3 Å². The molecule has 1 N–H and O–H groups in total. The molecular weight excluding hydrogens is 242 g/mol. The van der Waals surface area contributed by atoms with Crippen molar-refractivity contribution in [3.8, 4) is 0 Å². The largest absolute Gasteiger partial charge is 0.347 e. The van der Waals surface area contributed by atoms with E-state index in [0.717, 1.165) is 32.6 Å². The quantitative estimate of drug-likeness (QED) is 0.784. The third-order valence-corrected chi connectivity index (χ3v) is 3.66. The summed E-state index contributed by atoms with van der Waals surface area (Å²) in [4.78, 5) is 16.1. The number of amides is 1. The zero-order chi connectivity index (χ0) is 13.8. The molecule has 1 unspecified atom stereocenters. The molecule has 1 amide bonds. The minimum Gasteiger partial charge on any atom is -0.347 e. The highest BCUT2D eigenvalue weighted by molar-refractivity contribution is 5.81. The topological polar surface area (TPSA) is 53.4 Å². The van der Waals surface area contributed by atoms with Gasteiger partial charge in [0.05, 0.1) is 0 Å². The van der Waals surface area contributed by atoms with Crippen LogP contribution in [-0.4, -0.2) is 71.8 Å². The molecule has 1 aromatic rings. The van der Waals surface area contributed by atoms with E-state index in [1.165, 1.54) is 5.69 Å². The molecule has 2 rings (SSSR count). The summed E-state index contributed by atoms with van der Waals surface area (Å²) in [6, 6.07) is 1.99. The molecule has 106 valence electrons. The van der Waals surface area contributed by atoms with E-state index in [4.69, 9.17) is 0 Å². The zero-order valence-corrected chi connectivity index (χ0v) is 12.0. The summed E-state index contributed by atoms with van der Waals surface area (Å²) in [5.41, 5.74) is 1.20. The van der Waals surface area contributed by atoms with Gasteiger partial charge in [-0.15, -0.1) is 0 Å². The van der Waals surface area contributed by atoms with Gasteiger partial charge in [0.2, 0.25) is 5.91 Å². The van der Waals surface area contributed by atoms with Crippen molar-refractivity contribution in [1.82, 2.24) is 24.9 Å². The van der Waals surface area contributed by atoms with Crippen LogP contribution in [0, 0.1) is 0 Å². The van der Waals surface area contributed by atoms with Gasteiger partial charge in [-0.25, -0.2) is 0 Å². The lowest BCUT2D eigenvalue weighted by molar-refractivity contribution is -0.135. The second-order valence-electron chi connectivity index (χ2n) is 5.18. The fraction of sp³-hybridized carbons (Fsp3) is 0.692. The number of rotatable bonds is 4. The molecule has 0 aromatic carbocycles. The van der Waals surface area contributed by atoms with E-state index in [9.17, 15) is 4.79 Å². The van der Waals surface area contributed by atoms with Gasteiger partial charge >= 0.3 is 0 Å². The zero-order valence-electron chi connectivity index (χ0n) is 12.0. The molecule has 1 atom stereocenters. The van der Waals surface area contributed by atoms with Crippen LogP contribution >= 0.6 is 0 Å². The molecule has 1 aliphatic heterocycles. The van der Waals surface area contributed by atoms with Crippen LogP contribution < -0.4 is 5.32 Å². The molecule has 6 heteroatoms. The number of aromatic nitrogens is 2. The molecule has 0 radical (unpaired) electrons. The number of likely N-dealkylation sites (N-methyl/N-ethyl adjacent to an activating group) is 1. The molecule has 1 aromatic heterocycles. The van der Waals surface area contributed by atoms with Crippen molar-refractivity contribution in [2.24, 2.45) is 7.05 Å². The Bertz CT molecular complexity index is 428. The van der Waals surface area contributed by atoms with Crippen molar-refractivity contribution in [2.75, 3.05) is 40.3 Å². The van der Waals surface area contributed by atoms with E-state index >= 15 is 0 Å². The summed E-state index contributed by atoms with van der Waals surface area (Å²) < 4.78 is 1.89. The van der Waals surface area contributed by atoms with Crippen molar-refractivity contribution in [3.63, 3.8) is 0 Å². The summed E-state index contributed by atoms with van der Waals surface area (Å²) in [5.74, 6) is 0.178. The first-order chi connectivity index (χ1) is 9.09. The van der Waals surface area contributed by atoms with E-state index < -0.39 is 0 Å². The Hall–Kier alpha value is -1.40. The number of piperazine rings is 1. The number of nitrogens with zero attached hydrogens (tertiary/aromatic N) is 4. The Labute approximate surface area is 114 Å². The van der Waals surface area contributed by atoms with Gasteiger partial charge in [-0.1, -0.05) is 0 Å². The highest BCUT2D eigenvalue weighted by Gasteiger charge is 2.29. The predicted octanol–water partition coefficient (Wildman–Crippen LogP) is -0.675. The van der Waals surface area contributed by atoms with E-state index in [2.05, 4.69) is 15.3 Å². The van der Waals surface area contributed by atoms with Crippen molar-refractivity contribution < 1.29 is 4.79 Å². The lowest BCUT2D eigenvalue weighted by Crippen LogP contribution is -2.57. The molecule has 6 nitrogen and oxygen atoms in total. The molecule has 0 saturated carbocycles. The number of hydrogen-bond acceptors (Lipinski definition) is 4. The lowest BCUT2D eigenvalue weighted by Gasteiger charge is -2.36. The van der Waals surface area contributed by atoms with Crippen LogP contribution in [0.25, 0.3) is 0 Å². The number of aryl methyl sites for hydroxylation is 1. The van der Waals surface area contributed by atoms with E-state index in [1.807, 2.05) is 38.1 Å². The van der Waals surface area contributed by atoms with Gasteiger partial charge in [0, 0.05) is 65.6 Å². The second-order valence-corrected chi connectivity index (χ2v) is 5.18. The Morgan fingerprint density at radius 2 is 2.37 bits per heavy atom. The number of carbonyl (C=O) groups is 1. The van der Waals surface area contributed by atoms with Gasteiger partial charge in [-0.05, 0) is 6.07 Å². The second kappa shape index (κ2) is 6.16. The first kappa shape index (κ1) is 14.0. The highest BCUT2D eigenvalue weighted by atomic mass is 16.2. The van der Waals surface area contributed by atoms with Crippen molar-refractivity contribution in [2.45, 2.75) is 12.5 Å². The Kier molecular flexibility index (Phi) is 4.55. The first-order valence-electron chi connectivity index (χ1n) is 6.72. The maximum Gasteiger partial charge on any atom is 0.240 e. The molecule has 0 bridgehead atoms. The monoisotopic (exact) mass is 265 g/mol. The maximum absolute atomic E-state index is 12.2. The minimum atomic E-state index is -0.0445. The van der Waals surface area contributed by atoms with Crippen molar-refractivity contribution in [1.29, 1.82) is 0 Å². The lowest BCUT2D eigenvalue weighted by atomic mass is 10.1. The first-order valence-corrected chi connectivity index (χ1v) is 6.72. The predicted molar refractivity (Wildman–Crippen MR) is 73.8 cm³/mol. The highest BCUT2D eigenvalue weighted by Crippen LogP contribution is 2.08. The number of carbonyl (C=O) groups excluding carboxylic acids is 1. The Morgan fingerprint density at radius 3 is 3.00 bits per heavy atom. The normalized spacial score (nSPS) is 20.5.